The first-order valence-corrected chi connectivity index (χ1v) is 11.8. The fourth-order valence-electron chi connectivity index (χ4n) is 4.83. The van der Waals surface area contributed by atoms with Gasteiger partial charge in [-0.3, -0.25) is 9.59 Å². The molecule has 32 heavy (non-hydrogen) atoms. The van der Waals surface area contributed by atoms with Crippen molar-refractivity contribution >= 4 is 11.8 Å². The van der Waals surface area contributed by atoms with Crippen molar-refractivity contribution in [2.24, 2.45) is 5.92 Å². The number of nitrogens with one attached hydrogen (secondary N) is 2. The number of unbranched alkanes of at least 4 members (excludes halogenated alkanes) is 1. The number of rotatable bonds is 10. The largest absolute Gasteiger partial charge is 0.389 e. The van der Waals surface area contributed by atoms with Crippen molar-refractivity contribution in [3.05, 3.63) is 35.4 Å². The molecule has 0 bridgehead atoms. The van der Waals surface area contributed by atoms with Gasteiger partial charge in [-0.1, -0.05) is 19.8 Å². The Kier molecular flexibility index (Phi) is 8.59. The molecule has 0 spiro atoms. The minimum absolute atomic E-state index is 0.00265. The number of aliphatic hydroxyl groups is 1. The number of hydrogen-bond donors (Lipinski definition) is 3. The van der Waals surface area contributed by atoms with E-state index in [9.17, 15) is 23.5 Å². The Hall–Kier alpha value is -2.06. The number of amides is 2. The number of nitrogens with zero attached hydrogens (tertiary/aromatic N) is 1. The number of benzene rings is 1. The molecule has 3 N–H and O–H groups in total. The van der Waals surface area contributed by atoms with Crippen LogP contribution >= 0.6 is 0 Å². The fraction of sp³-hybridized carbons (Fsp3) is 0.667. The molecule has 0 aliphatic carbocycles. The molecule has 1 unspecified atom stereocenters. The van der Waals surface area contributed by atoms with Crippen molar-refractivity contribution in [3.8, 4) is 0 Å². The molecule has 178 valence electrons. The third-order valence-electron chi connectivity index (χ3n) is 6.73. The normalized spacial score (nSPS) is 23.9. The molecule has 0 saturated carbocycles. The predicted octanol–water partition coefficient (Wildman–Crippen LogP) is 2.53. The van der Waals surface area contributed by atoms with Crippen LogP contribution in [0, 0.1) is 17.6 Å². The van der Waals surface area contributed by atoms with Gasteiger partial charge in [-0.15, -0.1) is 0 Å². The zero-order valence-electron chi connectivity index (χ0n) is 18.9. The Morgan fingerprint density at radius 3 is 2.62 bits per heavy atom. The molecule has 0 aromatic heterocycles. The SMILES string of the molecule is CCCC[C@H]1CCN(C(C)C(=O)N[C@@H](Cc2cc(F)cc(F)c2)[C@H](O)[C@H]2CCCN2)C1=O. The van der Waals surface area contributed by atoms with Gasteiger partial charge >= 0.3 is 0 Å². The average molecular weight is 452 g/mol. The Balaban J connectivity index is 1.70. The predicted molar refractivity (Wildman–Crippen MR) is 118 cm³/mol. The van der Waals surface area contributed by atoms with Gasteiger partial charge in [-0.05, 0) is 63.3 Å². The molecule has 2 aliphatic rings. The third-order valence-corrected chi connectivity index (χ3v) is 6.73. The summed E-state index contributed by atoms with van der Waals surface area (Å²) in [4.78, 5) is 27.4. The quantitative estimate of drug-likeness (QED) is 0.511. The lowest BCUT2D eigenvalue weighted by Gasteiger charge is -2.31. The third kappa shape index (κ3) is 6.04. The zero-order valence-corrected chi connectivity index (χ0v) is 18.9. The molecule has 5 atom stereocenters. The van der Waals surface area contributed by atoms with Gasteiger partial charge in [0.2, 0.25) is 11.8 Å². The highest BCUT2D eigenvalue weighted by Crippen LogP contribution is 2.25. The van der Waals surface area contributed by atoms with E-state index in [1.807, 2.05) is 0 Å². The number of aliphatic hydroxyl groups excluding tert-OH is 1. The van der Waals surface area contributed by atoms with Crippen molar-refractivity contribution in [1.29, 1.82) is 0 Å². The van der Waals surface area contributed by atoms with Crippen molar-refractivity contribution in [1.82, 2.24) is 15.5 Å². The minimum Gasteiger partial charge on any atom is -0.389 e. The molecular formula is C24H35F2N3O3. The fourth-order valence-corrected chi connectivity index (χ4v) is 4.83. The van der Waals surface area contributed by atoms with Crippen LogP contribution in [-0.2, 0) is 16.0 Å². The molecule has 2 saturated heterocycles. The van der Waals surface area contributed by atoms with E-state index in [1.54, 1.807) is 11.8 Å². The summed E-state index contributed by atoms with van der Waals surface area (Å²) >= 11 is 0. The molecule has 2 amide bonds. The number of likely N-dealkylation sites (tertiary alicyclic amines) is 1. The first-order chi connectivity index (χ1) is 15.3. The van der Waals surface area contributed by atoms with Crippen molar-refractivity contribution in [3.63, 3.8) is 0 Å². The Labute approximate surface area is 188 Å². The highest BCUT2D eigenvalue weighted by molar-refractivity contribution is 5.89. The maximum Gasteiger partial charge on any atom is 0.242 e. The average Bonchev–Trinajstić information content (AvgIpc) is 3.40. The summed E-state index contributed by atoms with van der Waals surface area (Å²) in [5.41, 5.74) is 0.356. The maximum atomic E-state index is 13.7. The van der Waals surface area contributed by atoms with E-state index in [1.165, 1.54) is 12.1 Å². The summed E-state index contributed by atoms with van der Waals surface area (Å²) in [6.07, 6.45) is 4.41. The van der Waals surface area contributed by atoms with Gasteiger partial charge in [0.15, 0.2) is 0 Å². The number of hydrogen-bond acceptors (Lipinski definition) is 4. The lowest BCUT2D eigenvalue weighted by molar-refractivity contribution is -0.139. The van der Waals surface area contributed by atoms with Crippen LogP contribution in [0.1, 0.15) is 57.9 Å². The summed E-state index contributed by atoms with van der Waals surface area (Å²) in [6, 6.07) is 1.59. The summed E-state index contributed by atoms with van der Waals surface area (Å²) in [5, 5.41) is 17.0. The second kappa shape index (κ2) is 11.2. The van der Waals surface area contributed by atoms with Gasteiger partial charge in [-0.2, -0.15) is 0 Å². The van der Waals surface area contributed by atoms with E-state index in [0.29, 0.717) is 12.1 Å². The molecule has 0 radical (unpaired) electrons. The summed E-state index contributed by atoms with van der Waals surface area (Å²) in [7, 11) is 0. The number of halogens is 2. The van der Waals surface area contributed by atoms with E-state index in [4.69, 9.17) is 0 Å². The molecule has 1 aromatic carbocycles. The molecule has 2 fully saturated rings. The summed E-state index contributed by atoms with van der Waals surface area (Å²) in [5.74, 6) is -1.80. The molecular weight excluding hydrogens is 416 g/mol. The van der Waals surface area contributed by atoms with Gasteiger partial charge in [0.25, 0.3) is 0 Å². The van der Waals surface area contributed by atoms with E-state index in [-0.39, 0.29) is 30.2 Å². The molecule has 6 nitrogen and oxygen atoms in total. The molecule has 3 rings (SSSR count). The first-order valence-electron chi connectivity index (χ1n) is 11.8. The minimum atomic E-state index is -0.924. The van der Waals surface area contributed by atoms with Crippen LogP contribution in [0.2, 0.25) is 0 Å². The van der Waals surface area contributed by atoms with E-state index in [2.05, 4.69) is 17.6 Å². The van der Waals surface area contributed by atoms with Crippen molar-refractivity contribution < 1.29 is 23.5 Å². The molecule has 2 heterocycles. The van der Waals surface area contributed by atoms with Crippen LogP contribution in [0.5, 0.6) is 0 Å². The highest BCUT2D eigenvalue weighted by Gasteiger charge is 2.38. The van der Waals surface area contributed by atoms with Gasteiger partial charge in [0, 0.05) is 24.6 Å². The first kappa shape index (κ1) is 24.6. The standard InChI is InChI=1S/C24H35F2N3O3/c1-3-4-6-17-8-10-29(24(17)32)15(2)23(31)28-21(22(30)20-7-5-9-27-20)13-16-11-18(25)14-19(26)12-16/h11-12,14-15,17,20-22,27,30H,3-10,13H2,1-2H3,(H,28,31)/t15?,17-,20+,21-,22+/m0/s1. The van der Waals surface area contributed by atoms with E-state index in [0.717, 1.165) is 51.1 Å². The molecule has 1 aromatic rings. The van der Waals surface area contributed by atoms with Crippen LogP contribution in [0.25, 0.3) is 0 Å². The van der Waals surface area contributed by atoms with E-state index < -0.39 is 29.8 Å². The van der Waals surface area contributed by atoms with Crippen molar-refractivity contribution in [2.75, 3.05) is 13.1 Å². The molecule has 8 heteroatoms. The summed E-state index contributed by atoms with van der Waals surface area (Å²) in [6.45, 7) is 5.08. The van der Waals surface area contributed by atoms with Crippen LogP contribution in [-0.4, -0.2) is 59.1 Å². The van der Waals surface area contributed by atoms with Gasteiger partial charge < -0.3 is 20.6 Å². The van der Waals surface area contributed by atoms with Crippen LogP contribution in [0.15, 0.2) is 18.2 Å². The second-order valence-electron chi connectivity index (χ2n) is 9.13. The monoisotopic (exact) mass is 451 g/mol. The second-order valence-corrected chi connectivity index (χ2v) is 9.13. The Bertz CT molecular complexity index is 780. The van der Waals surface area contributed by atoms with Gasteiger partial charge in [0.1, 0.15) is 17.7 Å². The van der Waals surface area contributed by atoms with Crippen LogP contribution < -0.4 is 10.6 Å². The zero-order chi connectivity index (χ0) is 23.3. The number of carbonyl (C=O) groups is 2. The summed E-state index contributed by atoms with van der Waals surface area (Å²) < 4.78 is 27.4. The molecule has 2 aliphatic heterocycles. The number of carbonyl (C=O) groups excluding carboxylic acids is 2. The van der Waals surface area contributed by atoms with Crippen LogP contribution in [0.3, 0.4) is 0 Å². The lowest BCUT2D eigenvalue weighted by Crippen LogP contribution is -2.56. The smallest absolute Gasteiger partial charge is 0.242 e. The Morgan fingerprint density at radius 1 is 1.28 bits per heavy atom. The lowest BCUT2D eigenvalue weighted by atomic mass is 9.95. The van der Waals surface area contributed by atoms with Gasteiger partial charge in [0.05, 0.1) is 12.1 Å². The van der Waals surface area contributed by atoms with Crippen LogP contribution in [0.4, 0.5) is 8.78 Å². The van der Waals surface area contributed by atoms with Crippen molar-refractivity contribution in [2.45, 2.75) is 83.0 Å². The van der Waals surface area contributed by atoms with Gasteiger partial charge in [-0.25, -0.2) is 8.78 Å². The Morgan fingerprint density at radius 2 is 2.00 bits per heavy atom. The maximum absolute atomic E-state index is 13.7. The topological polar surface area (TPSA) is 81.7 Å². The van der Waals surface area contributed by atoms with E-state index >= 15 is 0 Å². The highest BCUT2D eigenvalue weighted by atomic mass is 19.1.